The molecule has 1 aromatic heterocycles. The quantitative estimate of drug-likeness (QED) is 0.927. The number of hydrogen-bond donors (Lipinski definition) is 1. The van der Waals surface area contributed by atoms with Crippen LogP contribution in [0.5, 0.6) is 0 Å². The standard InChI is InChI=1S/C17H28N2O2/c1-3-15-14(12-20)16(4-2)19(18-15)13-7-10-21-17(11-13)8-5-6-9-17/h13,20H,3-12H2,1-2H3. The molecule has 1 unspecified atom stereocenters. The van der Waals surface area contributed by atoms with Gasteiger partial charge in [-0.2, -0.15) is 5.10 Å². The Morgan fingerprint density at radius 3 is 2.67 bits per heavy atom. The summed E-state index contributed by atoms with van der Waals surface area (Å²) < 4.78 is 8.38. The number of hydrogen-bond acceptors (Lipinski definition) is 3. The highest BCUT2D eigenvalue weighted by Gasteiger charge is 2.41. The molecule has 1 aliphatic carbocycles. The minimum atomic E-state index is 0.112. The molecule has 1 saturated carbocycles. The lowest BCUT2D eigenvalue weighted by atomic mass is 9.89. The SMILES string of the molecule is CCc1nn(C2CCOC3(CCCC3)C2)c(CC)c1CO. The van der Waals surface area contributed by atoms with E-state index in [4.69, 9.17) is 9.84 Å². The van der Waals surface area contributed by atoms with Crippen LogP contribution >= 0.6 is 0 Å². The molecule has 1 aromatic rings. The molecular weight excluding hydrogens is 264 g/mol. The van der Waals surface area contributed by atoms with Crippen molar-refractivity contribution in [1.82, 2.24) is 9.78 Å². The third-order valence-electron chi connectivity index (χ3n) is 5.36. The Kier molecular flexibility index (Phi) is 4.36. The van der Waals surface area contributed by atoms with E-state index >= 15 is 0 Å². The monoisotopic (exact) mass is 292 g/mol. The first-order valence-electron chi connectivity index (χ1n) is 8.57. The molecule has 2 heterocycles. The number of rotatable bonds is 4. The summed E-state index contributed by atoms with van der Waals surface area (Å²) in [5.74, 6) is 0. The Balaban J connectivity index is 1.90. The van der Waals surface area contributed by atoms with Crippen LogP contribution in [0.15, 0.2) is 0 Å². The maximum absolute atomic E-state index is 9.70. The van der Waals surface area contributed by atoms with Crippen LogP contribution in [0.3, 0.4) is 0 Å². The molecule has 1 aliphatic heterocycles. The van der Waals surface area contributed by atoms with E-state index in [-0.39, 0.29) is 12.2 Å². The van der Waals surface area contributed by atoms with Crippen molar-refractivity contribution >= 4 is 0 Å². The largest absolute Gasteiger partial charge is 0.392 e. The Morgan fingerprint density at radius 2 is 2.05 bits per heavy atom. The Labute approximate surface area is 127 Å². The lowest BCUT2D eigenvalue weighted by Crippen LogP contribution is -2.38. The highest BCUT2D eigenvalue weighted by Crippen LogP contribution is 2.44. The predicted molar refractivity (Wildman–Crippen MR) is 82.3 cm³/mol. The molecule has 4 nitrogen and oxygen atoms in total. The van der Waals surface area contributed by atoms with E-state index in [9.17, 15) is 5.11 Å². The van der Waals surface area contributed by atoms with Crippen molar-refractivity contribution in [3.8, 4) is 0 Å². The topological polar surface area (TPSA) is 47.3 Å². The Bertz CT molecular complexity index is 489. The average Bonchev–Trinajstić information content (AvgIpc) is 3.10. The van der Waals surface area contributed by atoms with E-state index in [1.807, 2.05) is 0 Å². The second kappa shape index (κ2) is 6.09. The smallest absolute Gasteiger partial charge is 0.0718 e. The highest BCUT2D eigenvalue weighted by molar-refractivity contribution is 5.26. The minimum Gasteiger partial charge on any atom is -0.392 e. The summed E-state index contributed by atoms with van der Waals surface area (Å²) in [6.45, 7) is 5.24. The molecule has 2 fully saturated rings. The summed E-state index contributed by atoms with van der Waals surface area (Å²) in [6.07, 6.45) is 8.99. The van der Waals surface area contributed by atoms with Crippen molar-refractivity contribution in [2.75, 3.05) is 6.61 Å². The average molecular weight is 292 g/mol. The van der Waals surface area contributed by atoms with Gasteiger partial charge in [-0.25, -0.2) is 0 Å². The van der Waals surface area contributed by atoms with Gasteiger partial charge in [0.05, 0.1) is 23.9 Å². The molecule has 118 valence electrons. The van der Waals surface area contributed by atoms with Crippen LogP contribution in [0.4, 0.5) is 0 Å². The summed E-state index contributed by atoms with van der Waals surface area (Å²) in [6, 6.07) is 0.442. The molecule has 1 saturated heterocycles. The zero-order chi connectivity index (χ0) is 14.9. The van der Waals surface area contributed by atoms with Crippen LogP contribution in [0.25, 0.3) is 0 Å². The first kappa shape index (κ1) is 15.0. The van der Waals surface area contributed by atoms with E-state index in [1.54, 1.807) is 0 Å². The van der Waals surface area contributed by atoms with Crippen LogP contribution in [-0.4, -0.2) is 27.1 Å². The van der Waals surface area contributed by atoms with Gasteiger partial charge in [-0.05, 0) is 38.5 Å². The normalized spacial score (nSPS) is 24.8. The Morgan fingerprint density at radius 1 is 1.29 bits per heavy atom. The van der Waals surface area contributed by atoms with Gasteiger partial charge in [0.1, 0.15) is 0 Å². The van der Waals surface area contributed by atoms with Crippen molar-refractivity contribution in [3.63, 3.8) is 0 Å². The Hall–Kier alpha value is -0.870. The summed E-state index contributed by atoms with van der Waals surface area (Å²) in [5.41, 5.74) is 3.48. The third kappa shape index (κ3) is 2.64. The van der Waals surface area contributed by atoms with Crippen molar-refractivity contribution in [3.05, 3.63) is 17.0 Å². The number of aryl methyl sites for hydroxylation is 1. The predicted octanol–water partition coefficient (Wildman–Crippen LogP) is 3.16. The summed E-state index contributed by atoms with van der Waals surface area (Å²) >= 11 is 0. The molecule has 1 atom stereocenters. The van der Waals surface area contributed by atoms with Crippen LogP contribution < -0.4 is 0 Å². The fourth-order valence-electron chi connectivity index (χ4n) is 4.28. The van der Waals surface area contributed by atoms with Gasteiger partial charge >= 0.3 is 0 Å². The zero-order valence-electron chi connectivity index (χ0n) is 13.4. The first-order chi connectivity index (χ1) is 10.2. The summed E-state index contributed by atoms with van der Waals surface area (Å²) in [7, 11) is 0. The summed E-state index contributed by atoms with van der Waals surface area (Å²) in [4.78, 5) is 0. The number of aromatic nitrogens is 2. The van der Waals surface area contributed by atoms with E-state index < -0.39 is 0 Å². The molecule has 0 radical (unpaired) electrons. The van der Waals surface area contributed by atoms with Gasteiger partial charge in [-0.15, -0.1) is 0 Å². The molecule has 4 heteroatoms. The molecule has 2 aliphatic rings. The molecular formula is C17H28N2O2. The van der Waals surface area contributed by atoms with Gasteiger partial charge in [0.25, 0.3) is 0 Å². The highest BCUT2D eigenvalue weighted by atomic mass is 16.5. The zero-order valence-corrected chi connectivity index (χ0v) is 13.4. The van der Waals surface area contributed by atoms with Gasteiger partial charge in [0, 0.05) is 17.9 Å². The lowest BCUT2D eigenvalue weighted by Gasteiger charge is -2.38. The number of ether oxygens (including phenoxy) is 1. The molecule has 1 N–H and O–H groups in total. The van der Waals surface area contributed by atoms with Crippen molar-refractivity contribution < 1.29 is 9.84 Å². The van der Waals surface area contributed by atoms with Gasteiger partial charge in [0.15, 0.2) is 0 Å². The number of aliphatic hydroxyl groups excluding tert-OH is 1. The second-order valence-electron chi connectivity index (χ2n) is 6.57. The molecule has 0 amide bonds. The number of nitrogens with zero attached hydrogens (tertiary/aromatic N) is 2. The van der Waals surface area contributed by atoms with Crippen molar-refractivity contribution in [2.24, 2.45) is 0 Å². The lowest BCUT2D eigenvalue weighted by molar-refractivity contribution is -0.0913. The number of aliphatic hydroxyl groups is 1. The van der Waals surface area contributed by atoms with Crippen LogP contribution in [0, 0.1) is 0 Å². The van der Waals surface area contributed by atoms with Crippen LogP contribution in [-0.2, 0) is 24.2 Å². The summed E-state index contributed by atoms with van der Waals surface area (Å²) in [5, 5.41) is 14.5. The van der Waals surface area contributed by atoms with Gasteiger partial charge in [-0.1, -0.05) is 26.7 Å². The fraction of sp³-hybridized carbons (Fsp3) is 0.824. The second-order valence-corrected chi connectivity index (χ2v) is 6.57. The molecule has 1 spiro atoms. The van der Waals surface area contributed by atoms with Crippen molar-refractivity contribution in [2.45, 2.75) is 83.5 Å². The van der Waals surface area contributed by atoms with Crippen LogP contribution in [0.2, 0.25) is 0 Å². The van der Waals surface area contributed by atoms with E-state index in [0.29, 0.717) is 6.04 Å². The molecule has 21 heavy (non-hydrogen) atoms. The third-order valence-corrected chi connectivity index (χ3v) is 5.36. The molecule has 3 rings (SSSR count). The maximum atomic E-state index is 9.70. The van der Waals surface area contributed by atoms with Gasteiger partial charge < -0.3 is 9.84 Å². The van der Waals surface area contributed by atoms with E-state index in [0.717, 1.165) is 43.5 Å². The van der Waals surface area contributed by atoms with Gasteiger partial charge in [0.2, 0.25) is 0 Å². The first-order valence-corrected chi connectivity index (χ1v) is 8.57. The molecule has 0 aromatic carbocycles. The van der Waals surface area contributed by atoms with Crippen LogP contribution in [0.1, 0.15) is 75.4 Å². The van der Waals surface area contributed by atoms with E-state index in [2.05, 4.69) is 18.5 Å². The maximum Gasteiger partial charge on any atom is 0.0718 e. The molecule has 0 bridgehead atoms. The van der Waals surface area contributed by atoms with E-state index in [1.165, 1.54) is 31.4 Å². The minimum absolute atomic E-state index is 0.112. The fourth-order valence-corrected chi connectivity index (χ4v) is 4.28. The van der Waals surface area contributed by atoms with Crippen molar-refractivity contribution in [1.29, 1.82) is 0 Å². The van der Waals surface area contributed by atoms with Gasteiger partial charge in [-0.3, -0.25) is 4.68 Å².